The van der Waals surface area contributed by atoms with Gasteiger partial charge in [-0.15, -0.1) is 0 Å². The second-order valence-corrected chi connectivity index (χ2v) is 7.78. The number of nitrogens with zero attached hydrogens (tertiary/aromatic N) is 4. The van der Waals surface area contributed by atoms with Gasteiger partial charge in [0.05, 0.1) is 29.2 Å². The molecule has 0 bridgehead atoms. The minimum atomic E-state index is -0.503. The first kappa shape index (κ1) is 18.9. The van der Waals surface area contributed by atoms with Crippen molar-refractivity contribution in [2.24, 2.45) is 0 Å². The number of nitrogens with one attached hydrogen (secondary N) is 1. The highest BCUT2D eigenvalue weighted by atomic mass is 19.1. The van der Waals surface area contributed by atoms with Crippen molar-refractivity contribution in [2.45, 2.75) is 25.8 Å². The minimum Gasteiger partial charge on any atom is -0.294 e. The van der Waals surface area contributed by atoms with Crippen molar-refractivity contribution in [1.82, 2.24) is 20.0 Å². The van der Waals surface area contributed by atoms with Gasteiger partial charge in [0.25, 0.3) is 0 Å². The second-order valence-electron chi connectivity index (χ2n) is 7.78. The minimum absolute atomic E-state index is 0.0191. The largest absolute Gasteiger partial charge is 0.294 e. The molecule has 1 atom stereocenters. The van der Waals surface area contributed by atoms with Crippen LogP contribution in [-0.2, 0) is 17.6 Å². The quantitative estimate of drug-likeness (QED) is 0.549. The summed E-state index contributed by atoms with van der Waals surface area (Å²) in [6.45, 7) is 1.92. The lowest BCUT2D eigenvalue weighted by atomic mass is 9.85. The molecule has 1 N–H and O–H groups in total. The number of H-pyrrole nitrogens is 1. The highest BCUT2D eigenvalue weighted by Crippen LogP contribution is 2.37. The Hall–Kier alpha value is -4.05. The molecule has 0 aliphatic carbocycles. The highest BCUT2D eigenvalue weighted by molar-refractivity contribution is 5.99. The van der Waals surface area contributed by atoms with Gasteiger partial charge in [0.15, 0.2) is 5.78 Å². The summed E-state index contributed by atoms with van der Waals surface area (Å²) in [7, 11) is 0. The lowest BCUT2D eigenvalue weighted by Gasteiger charge is -2.29. The number of benzene rings is 2. The van der Waals surface area contributed by atoms with Crippen LogP contribution in [0, 0.1) is 17.1 Å². The number of aromatic nitrogens is 4. The molecule has 1 aliphatic heterocycles. The number of carbonyl (C=O) groups excluding carboxylic acids is 1. The van der Waals surface area contributed by atoms with Crippen LogP contribution in [0.5, 0.6) is 0 Å². The van der Waals surface area contributed by atoms with E-state index < -0.39 is 6.04 Å². The van der Waals surface area contributed by atoms with Gasteiger partial charge in [-0.25, -0.2) is 4.39 Å². The van der Waals surface area contributed by atoms with Crippen LogP contribution in [0.2, 0.25) is 0 Å². The maximum Gasteiger partial charge on any atom is 0.165 e. The molecule has 0 spiro atoms. The number of rotatable bonds is 4. The number of hydrogen-bond acceptors (Lipinski definition) is 4. The maximum absolute atomic E-state index is 13.6. The molecule has 1 unspecified atom stereocenters. The van der Waals surface area contributed by atoms with E-state index in [1.807, 2.05) is 25.1 Å². The Morgan fingerprint density at radius 3 is 2.84 bits per heavy atom. The third-order valence-corrected chi connectivity index (χ3v) is 5.78. The van der Waals surface area contributed by atoms with Crippen LogP contribution in [0.15, 0.2) is 66.0 Å². The van der Waals surface area contributed by atoms with Crippen molar-refractivity contribution in [3.63, 3.8) is 0 Å². The molecule has 5 rings (SSSR count). The summed E-state index contributed by atoms with van der Waals surface area (Å²) in [4.78, 5) is 13.5. The molecular formula is C24H18FN5O. The zero-order valence-electron chi connectivity index (χ0n) is 16.8. The van der Waals surface area contributed by atoms with Gasteiger partial charge in [0.2, 0.25) is 0 Å². The molecular weight excluding hydrogens is 393 g/mol. The summed E-state index contributed by atoms with van der Waals surface area (Å²) in [5.41, 5.74) is 5.35. The Labute approximate surface area is 177 Å². The van der Waals surface area contributed by atoms with Gasteiger partial charge in [0, 0.05) is 23.8 Å². The first-order valence-corrected chi connectivity index (χ1v) is 9.92. The summed E-state index contributed by atoms with van der Waals surface area (Å²) >= 11 is 0. The van der Waals surface area contributed by atoms with E-state index in [0.717, 1.165) is 33.3 Å². The van der Waals surface area contributed by atoms with Crippen molar-refractivity contribution in [3.8, 4) is 6.07 Å². The van der Waals surface area contributed by atoms with Gasteiger partial charge in [-0.3, -0.25) is 14.6 Å². The fraction of sp³-hybridized carbons (Fsp3) is 0.167. The van der Waals surface area contributed by atoms with E-state index in [1.54, 1.807) is 23.0 Å². The molecule has 4 aromatic rings. The summed E-state index contributed by atoms with van der Waals surface area (Å²) in [6.07, 6.45) is 3.96. The van der Waals surface area contributed by atoms with Crippen LogP contribution >= 0.6 is 0 Å². The molecule has 0 saturated carbocycles. The second kappa shape index (κ2) is 7.33. The molecule has 0 amide bonds. The van der Waals surface area contributed by atoms with Crippen molar-refractivity contribution >= 4 is 16.7 Å². The number of nitriles is 1. The van der Waals surface area contributed by atoms with Crippen molar-refractivity contribution in [1.29, 1.82) is 5.26 Å². The molecule has 31 heavy (non-hydrogen) atoms. The number of aromatic amines is 1. The van der Waals surface area contributed by atoms with E-state index in [1.165, 1.54) is 18.3 Å². The van der Waals surface area contributed by atoms with E-state index >= 15 is 0 Å². The zero-order chi connectivity index (χ0) is 21.5. The number of fused-ring (bicyclic) bond motifs is 2. The smallest absolute Gasteiger partial charge is 0.165 e. The molecule has 2 aromatic heterocycles. The monoisotopic (exact) mass is 411 g/mol. The molecule has 0 radical (unpaired) electrons. The molecule has 6 nitrogen and oxygen atoms in total. The number of ketones is 1. The summed E-state index contributed by atoms with van der Waals surface area (Å²) in [5, 5.41) is 21.8. The Bertz CT molecular complexity index is 1390. The number of Topliss-reactive ketones (excluding diaryl/α,β-unsaturated/α-hetero) is 1. The number of carbonyl (C=O) groups is 1. The molecule has 7 heteroatoms. The topological polar surface area (TPSA) is 87.4 Å². The molecule has 0 saturated heterocycles. The average molecular weight is 411 g/mol. The van der Waals surface area contributed by atoms with Crippen LogP contribution in [0.4, 0.5) is 4.39 Å². The van der Waals surface area contributed by atoms with E-state index in [2.05, 4.69) is 21.4 Å². The van der Waals surface area contributed by atoms with Gasteiger partial charge in [-0.2, -0.15) is 15.5 Å². The standard InChI is InChI=1S/C24H18FN5O/c1-14-8-21-18(11-26)13-28-30(21)24(16-3-5-19(25)6-4-16)23(14)22(31)10-15-2-7-20-17(9-15)12-27-29-20/h2-7,9,12-13,24H,8,10H2,1H3,(H,27,29). The lowest BCUT2D eigenvalue weighted by molar-refractivity contribution is -0.115. The van der Waals surface area contributed by atoms with Crippen molar-refractivity contribution in [3.05, 3.63) is 94.2 Å². The third-order valence-electron chi connectivity index (χ3n) is 5.78. The molecule has 3 heterocycles. The first-order valence-electron chi connectivity index (χ1n) is 9.92. The van der Waals surface area contributed by atoms with Crippen LogP contribution in [-0.4, -0.2) is 25.8 Å². The fourth-order valence-corrected chi connectivity index (χ4v) is 4.31. The van der Waals surface area contributed by atoms with E-state index in [0.29, 0.717) is 17.6 Å². The lowest BCUT2D eigenvalue weighted by Crippen LogP contribution is -2.28. The number of hydrogen-bond donors (Lipinski definition) is 1. The summed E-state index contributed by atoms with van der Waals surface area (Å²) in [6, 6.07) is 13.5. The van der Waals surface area contributed by atoms with E-state index in [-0.39, 0.29) is 18.0 Å². The van der Waals surface area contributed by atoms with Crippen LogP contribution in [0.1, 0.15) is 35.3 Å². The predicted molar refractivity (Wildman–Crippen MR) is 113 cm³/mol. The van der Waals surface area contributed by atoms with E-state index in [4.69, 9.17) is 0 Å². The van der Waals surface area contributed by atoms with Gasteiger partial charge >= 0.3 is 0 Å². The van der Waals surface area contributed by atoms with Crippen molar-refractivity contribution in [2.75, 3.05) is 0 Å². The molecule has 0 fully saturated rings. The number of halogens is 1. The van der Waals surface area contributed by atoms with Crippen LogP contribution < -0.4 is 0 Å². The molecule has 1 aliphatic rings. The Morgan fingerprint density at radius 2 is 2.06 bits per heavy atom. The first-order chi connectivity index (χ1) is 15.0. The maximum atomic E-state index is 13.6. The Balaban J connectivity index is 1.58. The van der Waals surface area contributed by atoms with Crippen LogP contribution in [0.3, 0.4) is 0 Å². The van der Waals surface area contributed by atoms with Gasteiger partial charge in [-0.05, 0) is 42.3 Å². The normalized spacial score (nSPS) is 15.7. The zero-order valence-corrected chi connectivity index (χ0v) is 16.8. The predicted octanol–water partition coefficient (Wildman–Crippen LogP) is 4.04. The Kier molecular flexibility index (Phi) is 4.48. The summed E-state index contributed by atoms with van der Waals surface area (Å²) < 4.78 is 15.3. The van der Waals surface area contributed by atoms with E-state index in [9.17, 15) is 14.4 Å². The van der Waals surface area contributed by atoms with Crippen LogP contribution in [0.25, 0.3) is 10.9 Å². The number of allylic oxidation sites excluding steroid dienone is 2. The van der Waals surface area contributed by atoms with Gasteiger partial charge in [-0.1, -0.05) is 23.8 Å². The fourth-order valence-electron chi connectivity index (χ4n) is 4.31. The van der Waals surface area contributed by atoms with Gasteiger partial charge in [0.1, 0.15) is 17.9 Å². The Morgan fingerprint density at radius 1 is 1.26 bits per heavy atom. The van der Waals surface area contributed by atoms with Gasteiger partial charge < -0.3 is 0 Å². The average Bonchev–Trinajstić information content (AvgIpc) is 3.39. The molecule has 2 aromatic carbocycles. The third kappa shape index (κ3) is 3.22. The summed E-state index contributed by atoms with van der Waals surface area (Å²) in [5.74, 6) is -0.366. The highest BCUT2D eigenvalue weighted by Gasteiger charge is 2.33. The SMILES string of the molecule is CC1=C(C(=O)Cc2ccc3[nH]ncc3c2)C(c2ccc(F)cc2)n2ncc(C#N)c2C1. The van der Waals surface area contributed by atoms with Crippen molar-refractivity contribution < 1.29 is 9.18 Å². The molecule has 152 valence electrons.